The quantitative estimate of drug-likeness (QED) is 0.792. The van der Waals surface area contributed by atoms with Gasteiger partial charge in [0, 0.05) is 6.26 Å². The van der Waals surface area contributed by atoms with Crippen LogP contribution in [-0.4, -0.2) is 14.7 Å². The van der Waals surface area contributed by atoms with Gasteiger partial charge in [0.05, 0.1) is 0 Å². The fraction of sp³-hybridized carbons (Fsp3) is 0.158. The number of hydrogen-bond donors (Lipinski definition) is 0. The minimum atomic E-state index is -4.01. The number of hydrogen-bond acceptors (Lipinski definition) is 2. The first kappa shape index (κ1) is 17.5. The molecule has 0 N–H and O–H groups in total. The molecule has 0 aliphatic heterocycles. The molecule has 0 spiro atoms. The Morgan fingerprint density at radius 1 is 0.840 bits per heavy atom. The van der Waals surface area contributed by atoms with E-state index in [1.165, 1.54) is 6.07 Å². The summed E-state index contributed by atoms with van der Waals surface area (Å²) in [7, 11) is -4.01. The fourth-order valence-corrected chi connectivity index (χ4v) is 3.72. The Bertz CT molecular complexity index is 1010. The molecule has 2 nitrogen and oxygen atoms in total. The molecule has 0 amide bonds. The van der Waals surface area contributed by atoms with E-state index < -0.39 is 26.4 Å². The summed E-state index contributed by atoms with van der Waals surface area (Å²) in [6.07, 6.45) is 4.89. The summed E-state index contributed by atoms with van der Waals surface area (Å²) in [6, 6.07) is 6.73. The van der Waals surface area contributed by atoms with Gasteiger partial charge in [-0.1, -0.05) is 24.3 Å². The molecule has 0 saturated heterocycles. The van der Waals surface area contributed by atoms with Crippen molar-refractivity contribution in [2.75, 3.05) is 6.26 Å². The fourth-order valence-electron chi connectivity index (χ4n) is 2.89. The third kappa shape index (κ3) is 3.26. The lowest BCUT2D eigenvalue weighted by Gasteiger charge is -2.12. The van der Waals surface area contributed by atoms with Gasteiger partial charge in [-0.05, 0) is 59.4 Å². The summed E-state index contributed by atoms with van der Waals surface area (Å²) < 4.78 is 65.2. The average molecular weight is 364 g/mol. The van der Waals surface area contributed by atoms with E-state index in [1.54, 1.807) is 25.1 Å². The Hall–Kier alpha value is -2.34. The molecule has 0 aromatic heterocycles. The van der Waals surface area contributed by atoms with Crippen LogP contribution < -0.4 is 0 Å². The molecule has 0 bridgehead atoms. The molecule has 0 saturated carbocycles. The normalized spacial score (nSPS) is 14.4. The van der Waals surface area contributed by atoms with E-state index in [2.05, 4.69) is 0 Å². The summed E-state index contributed by atoms with van der Waals surface area (Å²) in [6.45, 7) is 1.65. The predicted octanol–water partition coefficient (Wildman–Crippen LogP) is 4.69. The molecule has 6 heteroatoms. The SMILES string of the molecule is Cc1ccc(C2=CCC=C2c2cc(F)c(S(C)(=O)=O)c(F)c2)cc1F. The van der Waals surface area contributed by atoms with Crippen LogP contribution in [0.1, 0.15) is 23.1 Å². The maximum absolute atomic E-state index is 14.2. The first-order chi connectivity index (χ1) is 11.7. The van der Waals surface area contributed by atoms with Crippen LogP contribution in [0.25, 0.3) is 11.1 Å². The lowest BCUT2D eigenvalue weighted by atomic mass is 9.94. The van der Waals surface area contributed by atoms with Crippen molar-refractivity contribution >= 4 is 21.0 Å². The number of aryl methyl sites for hydroxylation is 1. The van der Waals surface area contributed by atoms with Crippen molar-refractivity contribution in [2.45, 2.75) is 18.2 Å². The smallest absolute Gasteiger partial charge is 0.181 e. The summed E-state index contributed by atoms with van der Waals surface area (Å²) >= 11 is 0. The first-order valence-corrected chi connectivity index (χ1v) is 9.44. The van der Waals surface area contributed by atoms with Crippen molar-refractivity contribution in [2.24, 2.45) is 0 Å². The summed E-state index contributed by atoms with van der Waals surface area (Å²) in [4.78, 5) is -0.943. The van der Waals surface area contributed by atoms with Gasteiger partial charge in [-0.2, -0.15) is 0 Å². The Kier molecular flexibility index (Phi) is 4.33. The van der Waals surface area contributed by atoms with Crippen molar-refractivity contribution in [3.05, 3.63) is 76.6 Å². The maximum Gasteiger partial charge on any atom is 0.181 e. The lowest BCUT2D eigenvalue weighted by Crippen LogP contribution is -2.05. The van der Waals surface area contributed by atoms with Crippen LogP contribution in [-0.2, 0) is 9.84 Å². The van der Waals surface area contributed by atoms with E-state index in [1.807, 2.05) is 6.08 Å². The number of benzene rings is 2. The van der Waals surface area contributed by atoms with Crippen molar-refractivity contribution in [3.63, 3.8) is 0 Å². The standard InChI is InChI=1S/C19H15F3O2S/c1-11-6-7-12(8-16(11)20)14-4-3-5-15(14)13-9-17(21)19(18(22)10-13)25(2,23)24/h4-10H,3H2,1-2H3. The van der Waals surface area contributed by atoms with Gasteiger partial charge in [-0.15, -0.1) is 0 Å². The number of sulfone groups is 1. The average Bonchev–Trinajstić information content (AvgIpc) is 2.97. The van der Waals surface area contributed by atoms with E-state index in [9.17, 15) is 21.6 Å². The largest absolute Gasteiger partial charge is 0.224 e. The molecule has 2 aromatic rings. The van der Waals surface area contributed by atoms with E-state index in [-0.39, 0.29) is 11.4 Å². The molecule has 0 atom stereocenters. The van der Waals surface area contributed by atoms with Crippen molar-refractivity contribution < 1.29 is 21.6 Å². The third-order valence-corrected chi connectivity index (χ3v) is 5.23. The van der Waals surface area contributed by atoms with Crippen LogP contribution in [0.4, 0.5) is 13.2 Å². The second kappa shape index (κ2) is 6.19. The van der Waals surface area contributed by atoms with Crippen molar-refractivity contribution in [1.82, 2.24) is 0 Å². The Morgan fingerprint density at radius 3 is 1.88 bits per heavy atom. The van der Waals surface area contributed by atoms with Crippen LogP contribution in [0.2, 0.25) is 0 Å². The topological polar surface area (TPSA) is 34.1 Å². The molecular formula is C19H15F3O2S. The van der Waals surface area contributed by atoms with Gasteiger partial charge in [0.1, 0.15) is 22.3 Å². The number of halogens is 3. The number of allylic oxidation sites excluding steroid dienone is 4. The van der Waals surface area contributed by atoms with Gasteiger partial charge < -0.3 is 0 Å². The molecule has 130 valence electrons. The first-order valence-electron chi connectivity index (χ1n) is 7.55. The van der Waals surface area contributed by atoms with Crippen LogP contribution in [0.15, 0.2) is 47.4 Å². The lowest BCUT2D eigenvalue weighted by molar-refractivity contribution is 0.521. The summed E-state index contributed by atoms with van der Waals surface area (Å²) in [5.74, 6) is -2.64. The highest BCUT2D eigenvalue weighted by Crippen LogP contribution is 2.38. The second-order valence-electron chi connectivity index (χ2n) is 5.98. The van der Waals surface area contributed by atoms with Gasteiger partial charge >= 0.3 is 0 Å². The molecule has 25 heavy (non-hydrogen) atoms. The Labute approximate surface area is 144 Å². The van der Waals surface area contributed by atoms with Gasteiger partial charge in [0.2, 0.25) is 0 Å². The zero-order chi connectivity index (χ0) is 18.4. The van der Waals surface area contributed by atoms with Gasteiger partial charge in [-0.3, -0.25) is 0 Å². The molecule has 0 radical (unpaired) electrons. The third-order valence-electron chi connectivity index (χ3n) is 4.10. The molecule has 0 unspecified atom stereocenters. The molecule has 3 rings (SSSR count). The Morgan fingerprint density at radius 2 is 1.36 bits per heavy atom. The molecule has 1 aliphatic carbocycles. The van der Waals surface area contributed by atoms with E-state index in [4.69, 9.17) is 0 Å². The predicted molar refractivity (Wildman–Crippen MR) is 91.2 cm³/mol. The maximum atomic E-state index is 14.2. The van der Waals surface area contributed by atoms with Crippen LogP contribution >= 0.6 is 0 Å². The van der Waals surface area contributed by atoms with Crippen molar-refractivity contribution in [3.8, 4) is 0 Å². The highest BCUT2D eigenvalue weighted by Gasteiger charge is 2.23. The van der Waals surface area contributed by atoms with E-state index in [0.717, 1.165) is 18.4 Å². The van der Waals surface area contributed by atoms with Gasteiger partial charge in [-0.25, -0.2) is 21.6 Å². The molecule has 0 fully saturated rings. The monoisotopic (exact) mass is 364 g/mol. The Balaban J connectivity index is 2.08. The van der Waals surface area contributed by atoms with Crippen molar-refractivity contribution in [1.29, 1.82) is 0 Å². The highest BCUT2D eigenvalue weighted by atomic mass is 32.2. The zero-order valence-electron chi connectivity index (χ0n) is 13.6. The summed E-state index contributed by atoms with van der Waals surface area (Å²) in [5, 5.41) is 0. The number of rotatable bonds is 3. The van der Waals surface area contributed by atoms with Crippen LogP contribution in [0.5, 0.6) is 0 Å². The van der Waals surface area contributed by atoms with E-state index >= 15 is 0 Å². The highest BCUT2D eigenvalue weighted by molar-refractivity contribution is 7.90. The second-order valence-corrected chi connectivity index (χ2v) is 7.93. The zero-order valence-corrected chi connectivity index (χ0v) is 14.4. The molecular weight excluding hydrogens is 349 g/mol. The minimum Gasteiger partial charge on any atom is -0.224 e. The van der Waals surface area contributed by atoms with Gasteiger partial charge in [0.25, 0.3) is 0 Å². The molecule has 2 aromatic carbocycles. The molecule has 1 aliphatic rings. The van der Waals surface area contributed by atoms with Crippen LogP contribution in [0, 0.1) is 24.4 Å². The van der Waals surface area contributed by atoms with Gasteiger partial charge in [0.15, 0.2) is 9.84 Å². The molecule has 0 heterocycles. The van der Waals surface area contributed by atoms with E-state index in [0.29, 0.717) is 28.7 Å². The minimum absolute atomic E-state index is 0.215. The summed E-state index contributed by atoms with van der Waals surface area (Å²) in [5.41, 5.74) is 2.51. The van der Waals surface area contributed by atoms with Crippen LogP contribution in [0.3, 0.4) is 0 Å².